The van der Waals surface area contributed by atoms with Crippen LogP contribution in [0.1, 0.15) is 5.56 Å². The molecule has 1 N–H and O–H groups in total. The Balaban J connectivity index is 2.01. The standard InChI is InChI=1S/C14H13FNO2S/c15-13-8-4-5-9-14(13)19(17,18)16-11-10-12-6-2-1-3-7-12/h2-9,16H,10-11H2. The summed E-state index contributed by atoms with van der Waals surface area (Å²) in [6, 6.07) is 15.4. The molecule has 0 unspecified atom stereocenters. The predicted molar refractivity (Wildman–Crippen MR) is 70.6 cm³/mol. The van der Waals surface area contributed by atoms with Crippen molar-refractivity contribution < 1.29 is 12.8 Å². The molecule has 0 bridgehead atoms. The van der Waals surface area contributed by atoms with Crippen molar-refractivity contribution in [1.82, 2.24) is 4.72 Å². The summed E-state index contributed by atoms with van der Waals surface area (Å²) in [4.78, 5) is -0.323. The van der Waals surface area contributed by atoms with E-state index in [-0.39, 0.29) is 11.4 Å². The van der Waals surface area contributed by atoms with Crippen LogP contribution in [-0.4, -0.2) is 15.0 Å². The first-order valence-electron chi connectivity index (χ1n) is 5.79. The van der Waals surface area contributed by atoms with Crippen LogP contribution in [0.5, 0.6) is 0 Å². The van der Waals surface area contributed by atoms with Crippen LogP contribution >= 0.6 is 0 Å². The first-order valence-corrected chi connectivity index (χ1v) is 7.27. The molecule has 2 rings (SSSR count). The fraction of sp³-hybridized carbons (Fsp3) is 0.143. The van der Waals surface area contributed by atoms with Crippen molar-refractivity contribution >= 4 is 10.0 Å². The van der Waals surface area contributed by atoms with Crippen molar-refractivity contribution in [3.8, 4) is 0 Å². The molecule has 99 valence electrons. The van der Waals surface area contributed by atoms with Gasteiger partial charge in [-0.1, -0.05) is 36.4 Å². The summed E-state index contributed by atoms with van der Waals surface area (Å²) < 4.78 is 39.6. The van der Waals surface area contributed by atoms with Gasteiger partial charge < -0.3 is 0 Å². The zero-order valence-corrected chi connectivity index (χ0v) is 11.0. The highest BCUT2D eigenvalue weighted by Gasteiger charge is 2.17. The molecule has 2 aromatic carbocycles. The fourth-order valence-corrected chi connectivity index (χ4v) is 2.77. The molecule has 19 heavy (non-hydrogen) atoms. The molecule has 0 heterocycles. The van der Waals surface area contributed by atoms with E-state index in [1.165, 1.54) is 18.2 Å². The first kappa shape index (κ1) is 13.7. The Kier molecular flexibility index (Phi) is 4.29. The fourth-order valence-electron chi connectivity index (χ4n) is 1.66. The summed E-state index contributed by atoms with van der Waals surface area (Å²) in [6.45, 7) is 0.223. The van der Waals surface area contributed by atoms with E-state index in [0.717, 1.165) is 11.6 Å². The van der Waals surface area contributed by atoms with Gasteiger partial charge >= 0.3 is 0 Å². The number of nitrogens with one attached hydrogen (secondary N) is 1. The number of hydrogen-bond donors (Lipinski definition) is 1. The van der Waals surface area contributed by atoms with Gasteiger partial charge in [0.05, 0.1) is 0 Å². The van der Waals surface area contributed by atoms with E-state index in [4.69, 9.17) is 0 Å². The predicted octanol–water partition coefficient (Wildman–Crippen LogP) is 2.15. The molecule has 5 heteroatoms. The highest BCUT2D eigenvalue weighted by molar-refractivity contribution is 7.89. The summed E-state index contributed by atoms with van der Waals surface area (Å²) in [7, 11) is -3.79. The Morgan fingerprint density at radius 3 is 2.47 bits per heavy atom. The molecule has 0 atom stereocenters. The molecule has 2 aromatic rings. The van der Waals surface area contributed by atoms with Gasteiger partial charge in [-0.05, 0) is 30.2 Å². The van der Waals surface area contributed by atoms with Crippen LogP contribution in [0, 0.1) is 11.9 Å². The third kappa shape index (κ3) is 3.62. The molecule has 0 aliphatic heterocycles. The van der Waals surface area contributed by atoms with Crippen molar-refractivity contribution in [2.24, 2.45) is 0 Å². The third-order valence-electron chi connectivity index (χ3n) is 2.62. The second kappa shape index (κ2) is 5.95. The van der Waals surface area contributed by atoms with Crippen LogP contribution in [0.25, 0.3) is 0 Å². The van der Waals surface area contributed by atoms with E-state index in [0.29, 0.717) is 6.42 Å². The Morgan fingerprint density at radius 2 is 1.79 bits per heavy atom. The zero-order chi connectivity index (χ0) is 13.7. The molecule has 0 spiro atoms. The highest BCUT2D eigenvalue weighted by atomic mass is 32.2. The SMILES string of the molecule is O=S(=O)(NCCc1cc[c]cc1)c1ccccc1F. The Hall–Kier alpha value is -1.72. The van der Waals surface area contributed by atoms with E-state index in [9.17, 15) is 12.8 Å². The Labute approximate surface area is 112 Å². The van der Waals surface area contributed by atoms with Crippen LogP contribution in [0.4, 0.5) is 4.39 Å². The lowest BCUT2D eigenvalue weighted by molar-refractivity contribution is 0.557. The first-order chi connectivity index (χ1) is 9.09. The van der Waals surface area contributed by atoms with Crippen molar-refractivity contribution in [3.63, 3.8) is 0 Å². The van der Waals surface area contributed by atoms with Gasteiger partial charge in [0.15, 0.2) is 0 Å². The summed E-state index contributed by atoms with van der Waals surface area (Å²) in [5.74, 6) is -0.746. The normalized spacial score (nSPS) is 11.4. The van der Waals surface area contributed by atoms with E-state index in [2.05, 4.69) is 10.8 Å². The molecular formula is C14H13FNO2S. The lowest BCUT2D eigenvalue weighted by Crippen LogP contribution is -2.26. The average Bonchev–Trinajstić information content (AvgIpc) is 2.40. The second-order valence-corrected chi connectivity index (χ2v) is 5.72. The summed E-state index contributed by atoms with van der Waals surface area (Å²) in [6.07, 6.45) is 0.544. The van der Waals surface area contributed by atoms with Gasteiger partial charge in [-0.3, -0.25) is 0 Å². The maximum absolute atomic E-state index is 13.4. The average molecular weight is 278 g/mol. The lowest BCUT2D eigenvalue weighted by atomic mass is 10.2. The van der Waals surface area contributed by atoms with Crippen LogP contribution in [0.2, 0.25) is 0 Å². The van der Waals surface area contributed by atoms with Gasteiger partial charge in [-0.15, -0.1) is 0 Å². The maximum atomic E-state index is 13.4. The van der Waals surface area contributed by atoms with Crippen LogP contribution in [0.3, 0.4) is 0 Å². The molecule has 0 saturated heterocycles. The van der Waals surface area contributed by atoms with Gasteiger partial charge in [0.25, 0.3) is 0 Å². The minimum absolute atomic E-state index is 0.223. The zero-order valence-electron chi connectivity index (χ0n) is 10.1. The number of sulfonamides is 1. The van der Waals surface area contributed by atoms with E-state index >= 15 is 0 Å². The molecule has 0 aliphatic carbocycles. The minimum atomic E-state index is -3.79. The number of rotatable bonds is 5. The van der Waals surface area contributed by atoms with Crippen molar-refractivity contribution in [3.05, 3.63) is 66.0 Å². The highest BCUT2D eigenvalue weighted by Crippen LogP contribution is 2.12. The molecule has 1 radical (unpaired) electrons. The van der Waals surface area contributed by atoms with Gasteiger partial charge in [0.2, 0.25) is 10.0 Å². The molecule has 0 aliphatic rings. The number of halogens is 1. The van der Waals surface area contributed by atoms with Crippen LogP contribution < -0.4 is 4.72 Å². The van der Waals surface area contributed by atoms with E-state index in [1.54, 1.807) is 12.1 Å². The topological polar surface area (TPSA) is 46.2 Å². The van der Waals surface area contributed by atoms with Gasteiger partial charge in [-0.2, -0.15) is 0 Å². The monoisotopic (exact) mass is 278 g/mol. The summed E-state index contributed by atoms with van der Waals surface area (Å²) in [5.41, 5.74) is 0.995. The number of hydrogen-bond acceptors (Lipinski definition) is 2. The van der Waals surface area contributed by atoms with Crippen molar-refractivity contribution in [2.45, 2.75) is 11.3 Å². The van der Waals surface area contributed by atoms with E-state index < -0.39 is 15.8 Å². The third-order valence-corrected chi connectivity index (χ3v) is 4.11. The summed E-state index contributed by atoms with van der Waals surface area (Å²) >= 11 is 0. The number of benzene rings is 2. The molecule has 0 saturated carbocycles. The van der Waals surface area contributed by atoms with Crippen molar-refractivity contribution in [2.75, 3.05) is 6.54 Å². The van der Waals surface area contributed by atoms with Crippen molar-refractivity contribution in [1.29, 1.82) is 0 Å². The molecule has 0 aromatic heterocycles. The lowest BCUT2D eigenvalue weighted by Gasteiger charge is -2.07. The maximum Gasteiger partial charge on any atom is 0.243 e. The van der Waals surface area contributed by atoms with Gasteiger partial charge in [-0.25, -0.2) is 17.5 Å². The Morgan fingerprint density at radius 1 is 1.11 bits per heavy atom. The minimum Gasteiger partial charge on any atom is -0.211 e. The quantitative estimate of drug-likeness (QED) is 0.911. The van der Waals surface area contributed by atoms with Gasteiger partial charge in [0, 0.05) is 6.54 Å². The molecule has 0 fully saturated rings. The van der Waals surface area contributed by atoms with E-state index in [1.807, 2.05) is 12.1 Å². The molecule has 0 amide bonds. The smallest absolute Gasteiger partial charge is 0.211 e. The molecular weight excluding hydrogens is 265 g/mol. The second-order valence-electron chi connectivity index (χ2n) is 3.99. The molecule has 3 nitrogen and oxygen atoms in total. The largest absolute Gasteiger partial charge is 0.243 e. The summed E-state index contributed by atoms with van der Waals surface area (Å²) in [5, 5.41) is 0. The Bertz CT molecular complexity index is 642. The van der Waals surface area contributed by atoms with Crippen LogP contribution in [-0.2, 0) is 16.4 Å². The van der Waals surface area contributed by atoms with Crippen LogP contribution in [0.15, 0.2) is 53.4 Å². The van der Waals surface area contributed by atoms with Gasteiger partial charge in [0.1, 0.15) is 10.7 Å².